The van der Waals surface area contributed by atoms with Crippen molar-refractivity contribution >= 4 is 10.1 Å². The van der Waals surface area contributed by atoms with E-state index in [0.717, 1.165) is 19.8 Å². The average Bonchev–Trinajstić information content (AvgIpc) is 2.56. The summed E-state index contributed by atoms with van der Waals surface area (Å²) in [7, 11) is -4.37. The summed E-state index contributed by atoms with van der Waals surface area (Å²) < 4.78 is 30.8. The number of unbranched alkanes of at least 4 members (excludes halogenated alkanes) is 16. The molecule has 2 N–H and O–H groups in total. The fraction of sp³-hybridized carbons (Fsp3) is 1.00. The summed E-state index contributed by atoms with van der Waals surface area (Å²) in [6.45, 7) is 3.42. The SMILES string of the molecule is CCCCCCCCCCCCCCCCCCCC(C)(O)S(=O)(=O)O. The zero-order valence-electron chi connectivity index (χ0n) is 17.3. The molecule has 0 amide bonds. The topological polar surface area (TPSA) is 74.6 Å². The molecule has 0 heterocycles. The van der Waals surface area contributed by atoms with Gasteiger partial charge in [-0.3, -0.25) is 4.55 Å². The van der Waals surface area contributed by atoms with Crippen LogP contribution in [-0.2, 0) is 10.1 Å². The molecule has 0 spiro atoms. The first-order chi connectivity index (χ1) is 12.3. The normalized spacial score (nSPS) is 14.5. The molecule has 26 heavy (non-hydrogen) atoms. The van der Waals surface area contributed by atoms with Crippen molar-refractivity contribution in [2.75, 3.05) is 0 Å². The molecule has 0 saturated heterocycles. The molecule has 0 fully saturated rings. The lowest BCUT2D eigenvalue weighted by molar-refractivity contribution is 0.119. The highest BCUT2D eigenvalue weighted by atomic mass is 32.2. The second-order valence-electron chi connectivity index (χ2n) is 8.06. The summed E-state index contributed by atoms with van der Waals surface area (Å²) in [5.74, 6) is 0. The summed E-state index contributed by atoms with van der Waals surface area (Å²) in [4.78, 5) is -2.00. The van der Waals surface area contributed by atoms with Gasteiger partial charge in [-0.2, -0.15) is 8.42 Å². The van der Waals surface area contributed by atoms with Crippen LogP contribution < -0.4 is 0 Å². The fourth-order valence-electron chi connectivity index (χ4n) is 3.31. The maximum Gasteiger partial charge on any atom is 0.294 e. The Hall–Kier alpha value is -0.130. The Morgan fingerprint density at radius 1 is 0.615 bits per heavy atom. The lowest BCUT2D eigenvalue weighted by atomic mass is 10.0. The molecule has 4 nitrogen and oxygen atoms in total. The Labute approximate surface area is 162 Å². The van der Waals surface area contributed by atoms with E-state index in [0.29, 0.717) is 6.42 Å². The molecule has 0 rings (SSSR count). The monoisotopic (exact) mass is 392 g/mol. The van der Waals surface area contributed by atoms with Gasteiger partial charge in [0.25, 0.3) is 10.1 Å². The Morgan fingerprint density at radius 2 is 0.885 bits per heavy atom. The molecule has 1 unspecified atom stereocenters. The van der Waals surface area contributed by atoms with E-state index in [1.54, 1.807) is 0 Å². The molecule has 0 aliphatic heterocycles. The second-order valence-corrected chi connectivity index (χ2v) is 9.89. The van der Waals surface area contributed by atoms with E-state index in [2.05, 4.69) is 6.92 Å². The van der Waals surface area contributed by atoms with Gasteiger partial charge in [0.05, 0.1) is 0 Å². The minimum atomic E-state index is -4.37. The number of hydrogen-bond acceptors (Lipinski definition) is 3. The van der Waals surface area contributed by atoms with Crippen LogP contribution in [0.15, 0.2) is 0 Å². The molecule has 0 radical (unpaired) electrons. The summed E-state index contributed by atoms with van der Waals surface area (Å²) in [5, 5.41) is 9.64. The van der Waals surface area contributed by atoms with Crippen LogP contribution in [0.5, 0.6) is 0 Å². The predicted octanol–water partition coefficient (Wildman–Crippen LogP) is 6.62. The molecule has 5 heteroatoms. The van der Waals surface area contributed by atoms with Crippen molar-refractivity contribution in [1.29, 1.82) is 0 Å². The lowest BCUT2D eigenvalue weighted by Crippen LogP contribution is -2.34. The van der Waals surface area contributed by atoms with E-state index in [9.17, 15) is 13.5 Å². The van der Waals surface area contributed by atoms with Gasteiger partial charge in [-0.25, -0.2) is 0 Å². The van der Waals surface area contributed by atoms with Crippen molar-refractivity contribution in [2.45, 2.75) is 134 Å². The third kappa shape index (κ3) is 15.0. The third-order valence-corrected chi connectivity index (χ3v) is 6.62. The highest BCUT2D eigenvalue weighted by Gasteiger charge is 2.34. The zero-order chi connectivity index (χ0) is 19.7. The third-order valence-electron chi connectivity index (χ3n) is 5.30. The van der Waals surface area contributed by atoms with E-state index >= 15 is 0 Å². The minimum Gasteiger partial charge on any atom is -0.373 e. The summed E-state index contributed by atoms with van der Waals surface area (Å²) in [5.41, 5.74) is 0. The van der Waals surface area contributed by atoms with Crippen LogP contribution in [-0.4, -0.2) is 23.0 Å². The maximum atomic E-state index is 11.0. The largest absolute Gasteiger partial charge is 0.373 e. The van der Waals surface area contributed by atoms with Gasteiger partial charge < -0.3 is 5.11 Å². The van der Waals surface area contributed by atoms with Gasteiger partial charge in [0, 0.05) is 0 Å². The van der Waals surface area contributed by atoms with Gasteiger partial charge in [0.15, 0.2) is 4.93 Å². The van der Waals surface area contributed by atoms with E-state index < -0.39 is 15.1 Å². The first-order valence-electron chi connectivity index (χ1n) is 11.0. The van der Waals surface area contributed by atoms with E-state index in [4.69, 9.17) is 4.55 Å². The molecule has 0 aliphatic rings. The van der Waals surface area contributed by atoms with Crippen molar-refractivity contribution in [3.05, 3.63) is 0 Å². The predicted molar refractivity (Wildman–Crippen MR) is 111 cm³/mol. The molecule has 0 saturated carbocycles. The van der Waals surface area contributed by atoms with Crippen LogP contribution in [0.1, 0.15) is 129 Å². The smallest absolute Gasteiger partial charge is 0.294 e. The standard InChI is InChI=1S/C21H44O4S/c1-3-4-5-6-7-8-9-10-11-12-13-14-15-16-17-18-19-20-21(2,22)26(23,24)25/h22H,3-20H2,1-2H3,(H,23,24,25). The fourth-order valence-corrected chi connectivity index (χ4v) is 3.71. The first-order valence-corrected chi connectivity index (χ1v) is 12.4. The molecule has 0 aromatic rings. The maximum absolute atomic E-state index is 11.0. The van der Waals surface area contributed by atoms with Crippen LogP contribution in [0, 0.1) is 0 Å². The van der Waals surface area contributed by atoms with Crippen LogP contribution in [0.25, 0.3) is 0 Å². The zero-order valence-corrected chi connectivity index (χ0v) is 18.2. The van der Waals surface area contributed by atoms with Gasteiger partial charge >= 0.3 is 0 Å². The minimum absolute atomic E-state index is 0.102. The number of rotatable bonds is 19. The van der Waals surface area contributed by atoms with Gasteiger partial charge in [-0.15, -0.1) is 0 Å². The van der Waals surface area contributed by atoms with E-state index in [1.807, 2.05) is 0 Å². The molecule has 1 atom stereocenters. The molecule has 0 bridgehead atoms. The van der Waals surface area contributed by atoms with Crippen molar-refractivity contribution < 1.29 is 18.1 Å². The van der Waals surface area contributed by atoms with E-state index in [1.165, 1.54) is 89.9 Å². The highest BCUT2D eigenvalue weighted by molar-refractivity contribution is 7.87. The lowest BCUT2D eigenvalue weighted by Gasteiger charge is -2.19. The van der Waals surface area contributed by atoms with Crippen molar-refractivity contribution in [2.24, 2.45) is 0 Å². The Kier molecular flexibility index (Phi) is 15.8. The van der Waals surface area contributed by atoms with Crippen LogP contribution >= 0.6 is 0 Å². The van der Waals surface area contributed by atoms with Crippen molar-refractivity contribution in [1.82, 2.24) is 0 Å². The van der Waals surface area contributed by atoms with Gasteiger partial charge in [0.2, 0.25) is 0 Å². The number of hydrogen-bond donors (Lipinski definition) is 2. The molecule has 158 valence electrons. The summed E-state index contributed by atoms with van der Waals surface area (Å²) >= 11 is 0. The molecule has 0 aliphatic carbocycles. The van der Waals surface area contributed by atoms with Gasteiger partial charge in [-0.1, -0.05) is 110 Å². The average molecular weight is 393 g/mol. The van der Waals surface area contributed by atoms with Crippen LogP contribution in [0.3, 0.4) is 0 Å². The second kappa shape index (κ2) is 15.9. The Bertz CT molecular complexity index is 404. The van der Waals surface area contributed by atoms with Gasteiger partial charge in [0.1, 0.15) is 0 Å². The van der Waals surface area contributed by atoms with Crippen LogP contribution in [0.4, 0.5) is 0 Å². The Morgan fingerprint density at radius 3 is 1.15 bits per heavy atom. The summed E-state index contributed by atoms with van der Waals surface area (Å²) in [6, 6.07) is 0. The molecule has 0 aromatic carbocycles. The molecular weight excluding hydrogens is 348 g/mol. The first kappa shape index (κ1) is 25.9. The number of aliphatic hydroxyl groups is 1. The van der Waals surface area contributed by atoms with Crippen molar-refractivity contribution in [3.8, 4) is 0 Å². The molecule has 0 aromatic heterocycles. The quantitative estimate of drug-likeness (QED) is 0.191. The van der Waals surface area contributed by atoms with E-state index in [-0.39, 0.29) is 6.42 Å². The Balaban J connectivity index is 3.23. The van der Waals surface area contributed by atoms with Gasteiger partial charge in [-0.05, 0) is 19.8 Å². The molecular formula is C21H44O4S. The summed E-state index contributed by atoms with van der Waals surface area (Å²) in [6.07, 6.45) is 21.6. The van der Waals surface area contributed by atoms with Crippen molar-refractivity contribution in [3.63, 3.8) is 0 Å². The van der Waals surface area contributed by atoms with Crippen LogP contribution in [0.2, 0.25) is 0 Å². The highest BCUT2D eigenvalue weighted by Crippen LogP contribution is 2.21.